The van der Waals surface area contributed by atoms with Crippen LogP contribution in [-0.2, 0) is 20.9 Å². The largest absolute Gasteiger partial charge is 0.281 e. The third-order valence-electron chi connectivity index (χ3n) is 6.57. The molecule has 0 spiro atoms. The SMILES string of the molecule is Cc1cccc(-n2nc(CC(=O)N(c3ccc(S(C)(=N)=O)cc3)c3ccnc(Cl)c3)cc2-c2ccc3ncsc3c2)n1. The minimum atomic E-state index is -2.91. The fraction of sp³-hybridized carbons (Fsp3) is 0.100. The van der Waals surface area contributed by atoms with Crippen LogP contribution in [-0.4, -0.2) is 41.1 Å². The first kappa shape index (κ1) is 27.7. The molecule has 42 heavy (non-hydrogen) atoms. The van der Waals surface area contributed by atoms with Crippen LogP contribution in [0.3, 0.4) is 0 Å². The van der Waals surface area contributed by atoms with Gasteiger partial charge in [-0.1, -0.05) is 23.7 Å². The van der Waals surface area contributed by atoms with Gasteiger partial charge in [0.25, 0.3) is 0 Å². The third-order valence-corrected chi connectivity index (χ3v) is 8.74. The van der Waals surface area contributed by atoms with Crippen LogP contribution in [0.4, 0.5) is 11.4 Å². The van der Waals surface area contributed by atoms with Gasteiger partial charge in [0.15, 0.2) is 5.82 Å². The molecule has 1 N–H and O–H groups in total. The number of amides is 1. The Labute approximate surface area is 251 Å². The zero-order valence-corrected chi connectivity index (χ0v) is 25.0. The van der Waals surface area contributed by atoms with Crippen LogP contribution in [0.5, 0.6) is 0 Å². The third kappa shape index (κ3) is 5.67. The number of hydrogen-bond donors (Lipinski definition) is 1. The number of nitrogens with one attached hydrogen (secondary N) is 1. The Morgan fingerprint density at radius 2 is 1.83 bits per heavy atom. The van der Waals surface area contributed by atoms with E-state index in [2.05, 4.69) is 21.0 Å². The number of fused-ring (bicyclic) bond motifs is 1. The zero-order chi connectivity index (χ0) is 29.4. The fourth-order valence-corrected chi connectivity index (χ4v) is 6.16. The molecule has 0 fully saturated rings. The number of thiazole rings is 1. The van der Waals surface area contributed by atoms with E-state index in [0.29, 0.717) is 27.8 Å². The van der Waals surface area contributed by atoms with E-state index < -0.39 is 9.73 Å². The molecule has 9 nitrogen and oxygen atoms in total. The summed E-state index contributed by atoms with van der Waals surface area (Å²) in [6.45, 7) is 1.92. The predicted octanol–water partition coefficient (Wildman–Crippen LogP) is 6.84. The maximum atomic E-state index is 14.0. The van der Waals surface area contributed by atoms with Gasteiger partial charge in [-0.2, -0.15) is 5.10 Å². The lowest BCUT2D eigenvalue weighted by Gasteiger charge is -2.23. The van der Waals surface area contributed by atoms with Crippen LogP contribution >= 0.6 is 22.9 Å². The van der Waals surface area contributed by atoms with Gasteiger partial charge in [-0.25, -0.2) is 28.6 Å². The zero-order valence-electron chi connectivity index (χ0n) is 22.6. The van der Waals surface area contributed by atoms with Gasteiger partial charge in [-0.05, 0) is 73.7 Å². The van der Waals surface area contributed by atoms with E-state index >= 15 is 0 Å². The molecule has 12 heteroatoms. The highest BCUT2D eigenvalue weighted by Gasteiger charge is 2.23. The van der Waals surface area contributed by atoms with Crippen LogP contribution in [0.25, 0.3) is 27.3 Å². The molecule has 0 aliphatic carbocycles. The average Bonchev–Trinajstić information content (AvgIpc) is 3.60. The standard InChI is InChI=1S/C30H24ClN7O2S2/c1-19-4-3-5-29(35-19)38-26(20-6-11-25-27(14-20)41-18-34-25)15-21(36-38)16-30(39)37(23-12-13-33-28(31)17-23)22-7-9-24(10-8-22)42(2,32)40/h3-15,17-18,32H,16H2,1-2H3. The number of aromatic nitrogens is 5. The molecule has 0 bridgehead atoms. The second-order valence-electron chi connectivity index (χ2n) is 9.68. The van der Waals surface area contributed by atoms with Crippen LogP contribution < -0.4 is 4.90 Å². The summed E-state index contributed by atoms with van der Waals surface area (Å²) in [6.07, 6.45) is 2.86. The van der Waals surface area contributed by atoms with E-state index in [-0.39, 0.29) is 17.5 Å². The van der Waals surface area contributed by atoms with Crippen molar-refractivity contribution in [2.24, 2.45) is 0 Å². The van der Waals surface area contributed by atoms with E-state index in [9.17, 15) is 9.00 Å². The van der Waals surface area contributed by atoms with Gasteiger partial charge in [0.1, 0.15) is 5.15 Å². The molecule has 1 atom stereocenters. The number of hydrogen-bond acceptors (Lipinski definition) is 8. The van der Waals surface area contributed by atoms with Crippen molar-refractivity contribution in [1.29, 1.82) is 4.78 Å². The number of pyridine rings is 2. The molecule has 2 aromatic carbocycles. The number of benzene rings is 2. The number of carbonyl (C=O) groups is 1. The van der Waals surface area contributed by atoms with E-state index in [0.717, 1.165) is 27.2 Å². The van der Waals surface area contributed by atoms with Crippen molar-refractivity contribution >= 4 is 60.2 Å². The highest BCUT2D eigenvalue weighted by Crippen LogP contribution is 2.31. The molecule has 4 heterocycles. The molecule has 0 saturated heterocycles. The molecular formula is C30H24ClN7O2S2. The maximum Gasteiger partial charge on any atom is 0.237 e. The number of rotatable bonds is 7. The Bertz CT molecular complexity index is 2050. The summed E-state index contributed by atoms with van der Waals surface area (Å²) >= 11 is 7.75. The Kier molecular flexibility index (Phi) is 7.31. The molecule has 1 unspecified atom stereocenters. The summed E-state index contributed by atoms with van der Waals surface area (Å²) in [6, 6.07) is 23.5. The first-order chi connectivity index (χ1) is 20.2. The summed E-state index contributed by atoms with van der Waals surface area (Å²) in [7, 11) is -2.91. The van der Waals surface area contributed by atoms with E-state index in [1.807, 2.05) is 48.8 Å². The van der Waals surface area contributed by atoms with Gasteiger partial charge in [0.2, 0.25) is 5.91 Å². The van der Waals surface area contributed by atoms with E-state index in [4.69, 9.17) is 21.5 Å². The second-order valence-corrected chi connectivity index (χ2v) is 13.1. The quantitative estimate of drug-likeness (QED) is 0.197. The maximum absolute atomic E-state index is 14.0. The Balaban J connectivity index is 1.42. The smallest absolute Gasteiger partial charge is 0.237 e. The van der Waals surface area contributed by atoms with Gasteiger partial charge < -0.3 is 0 Å². The first-order valence-corrected chi connectivity index (χ1v) is 16.0. The first-order valence-electron chi connectivity index (χ1n) is 12.8. The summed E-state index contributed by atoms with van der Waals surface area (Å²) in [5, 5.41) is 5.07. The van der Waals surface area contributed by atoms with Crippen LogP contribution in [0.1, 0.15) is 11.4 Å². The van der Waals surface area contributed by atoms with Crippen molar-refractivity contribution in [1.82, 2.24) is 24.7 Å². The second kappa shape index (κ2) is 11.1. The van der Waals surface area contributed by atoms with Crippen molar-refractivity contribution in [3.63, 3.8) is 0 Å². The van der Waals surface area contributed by atoms with Crippen LogP contribution in [0.15, 0.2) is 95.5 Å². The van der Waals surface area contributed by atoms with E-state index in [1.165, 1.54) is 17.4 Å². The summed E-state index contributed by atoms with van der Waals surface area (Å²) in [5.74, 6) is 0.374. The number of nitrogens with zero attached hydrogens (tertiary/aromatic N) is 6. The highest BCUT2D eigenvalue weighted by atomic mass is 35.5. The van der Waals surface area contributed by atoms with Gasteiger partial charge in [-0.15, -0.1) is 11.3 Å². The van der Waals surface area contributed by atoms with Gasteiger partial charge in [0, 0.05) is 34.3 Å². The summed E-state index contributed by atoms with van der Waals surface area (Å²) < 4.78 is 22.9. The van der Waals surface area contributed by atoms with Crippen LogP contribution in [0, 0.1) is 11.7 Å². The number of halogens is 1. The van der Waals surface area contributed by atoms with Gasteiger partial charge >= 0.3 is 0 Å². The number of aryl methyl sites for hydroxylation is 1. The molecule has 0 radical (unpaired) electrons. The van der Waals surface area contributed by atoms with Crippen molar-refractivity contribution in [2.45, 2.75) is 18.2 Å². The fourth-order valence-electron chi connectivity index (χ4n) is 4.62. The lowest BCUT2D eigenvalue weighted by atomic mass is 10.1. The lowest BCUT2D eigenvalue weighted by molar-refractivity contribution is -0.117. The van der Waals surface area contributed by atoms with Gasteiger partial charge in [-0.3, -0.25) is 9.69 Å². The lowest BCUT2D eigenvalue weighted by Crippen LogP contribution is -2.28. The number of carbonyl (C=O) groups excluding carboxylic acids is 1. The average molecular weight is 614 g/mol. The molecule has 0 saturated carbocycles. The highest BCUT2D eigenvalue weighted by molar-refractivity contribution is 7.91. The molecule has 0 aliphatic rings. The summed E-state index contributed by atoms with van der Waals surface area (Å²) in [5.41, 5.74) is 6.89. The normalized spacial score (nSPS) is 12.7. The Hall–Kier alpha value is -4.45. The molecule has 4 aromatic heterocycles. The van der Waals surface area contributed by atoms with Crippen molar-refractivity contribution in [3.05, 3.63) is 107 Å². The Morgan fingerprint density at radius 1 is 1.02 bits per heavy atom. The molecule has 6 rings (SSSR count). The monoisotopic (exact) mass is 613 g/mol. The van der Waals surface area contributed by atoms with Crippen molar-refractivity contribution < 1.29 is 9.00 Å². The molecule has 210 valence electrons. The predicted molar refractivity (Wildman–Crippen MR) is 166 cm³/mol. The van der Waals surface area contributed by atoms with Gasteiger partial charge in [0.05, 0.1) is 49.0 Å². The molecule has 1 amide bonds. The number of anilines is 2. The Morgan fingerprint density at radius 3 is 2.57 bits per heavy atom. The summed E-state index contributed by atoms with van der Waals surface area (Å²) in [4.78, 5) is 29.0. The molecule has 0 aliphatic heterocycles. The van der Waals surface area contributed by atoms with Crippen LogP contribution in [0.2, 0.25) is 5.15 Å². The molecular weight excluding hydrogens is 590 g/mol. The van der Waals surface area contributed by atoms with Crippen molar-refractivity contribution in [3.8, 4) is 17.1 Å². The minimum Gasteiger partial charge on any atom is -0.281 e. The van der Waals surface area contributed by atoms with Crippen molar-refractivity contribution in [2.75, 3.05) is 11.2 Å². The van der Waals surface area contributed by atoms with E-state index in [1.54, 1.807) is 52.4 Å². The topological polar surface area (TPSA) is 118 Å². The molecule has 6 aromatic rings. The minimum absolute atomic E-state index is 0.0285.